The normalized spacial score (nSPS) is 11.0. The average molecular weight is 277 g/mol. The maximum atomic E-state index is 11.8. The van der Waals surface area contributed by atoms with Gasteiger partial charge >= 0.3 is 0 Å². The van der Waals surface area contributed by atoms with Gasteiger partial charge in [-0.05, 0) is 38.5 Å². The Balaban J connectivity index is 2.39. The highest BCUT2D eigenvalue weighted by Gasteiger charge is 2.26. The van der Waals surface area contributed by atoms with Crippen LogP contribution in [-0.4, -0.2) is 32.0 Å². The largest absolute Gasteiger partial charge is 0.359 e. The van der Waals surface area contributed by atoms with Gasteiger partial charge in [-0.1, -0.05) is 12.1 Å². The predicted octanol–water partition coefficient (Wildman–Crippen LogP) is 1.30. The van der Waals surface area contributed by atoms with Gasteiger partial charge in [0.25, 0.3) is 0 Å². The summed E-state index contributed by atoms with van der Waals surface area (Å²) in [6.07, 6.45) is 0. The Morgan fingerprint density at radius 3 is 2.55 bits per heavy atom. The van der Waals surface area contributed by atoms with E-state index >= 15 is 0 Å². The number of benzene rings is 1. The summed E-state index contributed by atoms with van der Waals surface area (Å²) in [5.74, 6) is -0.174. The molecular weight excluding hydrogens is 254 g/mol. The van der Waals surface area contributed by atoms with E-state index < -0.39 is 5.41 Å². The molecule has 0 fully saturated rings. The molecule has 3 N–H and O–H groups in total. The van der Waals surface area contributed by atoms with E-state index in [9.17, 15) is 9.59 Å². The van der Waals surface area contributed by atoms with Crippen LogP contribution in [0.15, 0.2) is 24.3 Å². The third kappa shape index (κ3) is 5.01. The molecule has 0 atom stereocenters. The summed E-state index contributed by atoms with van der Waals surface area (Å²) >= 11 is 0. The van der Waals surface area contributed by atoms with E-state index in [-0.39, 0.29) is 18.4 Å². The summed E-state index contributed by atoms with van der Waals surface area (Å²) in [6, 6.07) is 7.62. The maximum absolute atomic E-state index is 11.8. The van der Waals surface area contributed by atoms with E-state index in [4.69, 9.17) is 0 Å². The summed E-state index contributed by atoms with van der Waals surface area (Å²) < 4.78 is 0. The fourth-order valence-corrected chi connectivity index (χ4v) is 1.84. The number of anilines is 1. The minimum absolute atomic E-state index is 0.0518. The molecule has 2 amide bonds. The van der Waals surface area contributed by atoms with Crippen LogP contribution in [0.25, 0.3) is 0 Å². The van der Waals surface area contributed by atoms with Crippen molar-refractivity contribution in [1.29, 1.82) is 0 Å². The molecule has 5 heteroatoms. The van der Waals surface area contributed by atoms with Crippen molar-refractivity contribution < 1.29 is 9.59 Å². The van der Waals surface area contributed by atoms with Gasteiger partial charge < -0.3 is 16.0 Å². The van der Waals surface area contributed by atoms with Gasteiger partial charge in [-0.15, -0.1) is 0 Å². The molecule has 0 radical (unpaired) electrons. The maximum Gasteiger partial charge on any atom is 0.238 e. The molecule has 1 aromatic carbocycles. The molecule has 0 aliphatic rings. The number of carbonyl (C=O) groups is 2. The van der Waals surface area contributed by atoms with Crippen molar-refractivity contribution in [2.75, 3.05) is 25.5 Å². The van der Waals surface area contributed by atoms with Crippen molar-refractivity contribution in [2.45, 2.75) is 20.8 Å². The number of hydrogen-bond acceptors (Lipinski definition) is 3. The highest BCUT2D eigenvalue weighted by atomic mass is 16.2. The van der Waals surface area contributed by atoms with Crippen molar-refractivity contribution in [1.82, 2.24) is 10.6 Å². The second-order valence-corrected chi connectivity index (χ2v) is 5.48. The molecule has 0 aliphatic heterocycles. The summed E-state index contributed by atoms with van der Waals surface area (Å²) in [5.41, 5.74) is 1.33. The molecule has 0 spiro atoms. The molecule has 110 valence electrons. The second kappa shape index (κ2) is 7.05. The Kier molecular flexibility index (Phi) is 5.70. The Labute approximate surface area is 120 Å². The monoisotopic (exact) mass is 277 g/mol. The smallest absolute Gasteiger partial charge is 0.238 e. The first-order valence-electron chi connectivity index (χ1n) is 6.64. The zero-order valence-electron chi connectivity index (χ0n) is 12.5. The van der Waals surface area contributed by atoms with Crippen LogP contribution in [0, 0.1) is 12.3 Å². The van der Waals surface area contributed by atoms with Crippen LogP contribution in [-0.2, 0) is 9.59 Å². The molecule has 0 heterocycles. The molecule has 0 bridgehead atoms. The van der Waals surface area contributed by atoms with Crippen LogP contribution in [0.2, 0.25) is 0 Å². The average Bonchev–Trinajstić information content (AvgIpc) is 2.37. The molecule has 0 saturated carbocycles. The molecule has 1 aromatic rings. The van der Waals surface area contributed by atoms with Gasteiger partial charge in [0.1, 0.15) is 0 Å². The van der Waals surface area contributed by atoms with Gasteiger partial charge in [-0.2, -0.15) is 0 Å². The van der Waals surface area contributed by atoms with Gasteiger partial charge in [0.15, 0.2) is 0 Å². The number of hydrogen-bond donors (Lipinski definition) is 3. The van der Waals surface area contributed by atoms with Gasteiger partial charge in [0.05, 0.1) is 12.0 Å². The van der Waals surface area contributed by atoms with E-state index in [0.29, 0.717) is 6.54 Å². The number of aryl methyl sites for hydroxylation is 1. The number of nitrogens with one attached hydrogen (secondary N) is 3. The first kappa shape index (κ1) is 16.2. The third-order valence-corrected chi connectivity index (χ3v) is 3.00. The summed E-state index contributed by atoms with van der Waals surface area (Å²) in [4.78, 5) is 23.4. The van der Waals surface area contributed by atoms with Crippen molar-refractivity contribution in [3.8, 4) is 0 Å². The quantitative estimate of drug-likeness (QED) is 0.734. The summed E-state index contributed by atoms with van der Waals surface area (Å²) in [5, 5.41) is 8.42. The molecular formula is C15H23N3O2. The van der Waals surface area contributed by atoms with E-state index in [1.54, 1.807) is 7.05 Å². The summed E-state index contributed by atoms with van der Waals surface area (Å²) in [6.45, 7) is 6.25. The van der Waals surface area contributed by atoms with E-state index in [1.165, 1.54) is 0 Å². The molecule has 0 aromatic heterocycles. The minimum Gasteiger partial charge on any atom is -0.359 e. The first-order valence-corrected chi connectivity index (χ1v) is 6.64. The van der Waals surface area contributed by atoms with E-state index in [0.717, 1.165) is 11.3 Å². The van der Waals surface area contributed by atoms with E-state index in [1.807, 2.05) is 45.0 Å². The molecule has 0 unspecified atom stereocenters. The molecule has 0 aliphatic carbocycles. The number of carbonyl (C=O) groups excluding carboxylic acids is 2. The van der Waals surface area contributed by atoms with Crippen LogP contribution in [0.5, 0.6) is 0 Å². The Morgan fingerprint density at radius 2 is 1.95 bits per heavy atom. The van der Waals surface area contributed by atoms with Crippen LogP contribution < -0.4 is 16.0 Å². The van der Waals surface area contributed by atoms with Gasteiger partial charge in [0, 0.05) is 19.3 Å². The van der Waals surface area contributed by atoms with Crippen LogP contribution in [0.3, 0.4) is 0 Å². The molecule has 0 saturated heterocycles. The van der Waals surface area contributed by atoms with E-state index in [2.05, 4.69) is 16.0 Å². The second-order valence-electron chi connectivity index (χ2n) is 5.48. The predicted molar refractivity (Wildman–Crippen MR) is 80.5 cm³/mol. The fraction of sp³-hybridized carbons (Fsp3) is 0.467. The standard InChI is InChI=1S/C15H23N3O2/c1-11-6-5-7-12(8-11)18-13(19)9-17-10-15(2,3)14(20)16-4/h5-8,17H,9-10H2,1-4H3,(H,16,20)(H,18,19). The van der Waals surface area contributed by atoms with Crippen LogP contribution in [0.4, 0.5) is 5.69 Å². The van der Waals surface area contributed by atoms with Gasteiger partial charge in [-0.3, -0.25) is 9.59 Å². The molecule has 1 rings (SSSR count). The SMILES string of the molecule is CNC(=O)C(C)(C)CNCC(=O)Nc1cccc(C)c1. The number of amides is 2. The zero-order chi connectivity index (χ0) is 15.2. The number of rotatable bonds is 6. The topological polar surface area (TPSA) is 70.2 Å². The highest BCUT2D eigenvalue weighted by molar-refractivity contribution is 5.92. The van der Waals surface area contributed by atoms with Gasteiger partial charge in [0.2, 0.25) is 11.8 Å². The lowest BCUT2D eigenvalue weighted by Crippen LogP contribution is -2.43. The fourth-order valence-electron chi connectivity index (χ4n) is 1.84. The van der Waals surface area contributed by atoms with Crippen molar-refractivity contribution in [2.24, 2.45) is 5.41 Å². The molecule has 20 heavy (non-hydrogen) atoms. The lowest BCUT2D eigenvalue weighted by Gasteiger charge is -2.22. The Morgan fingerprint density at radius 1 is 1.25 bits per heavy atom. The Hall–Kier alpha value is -1.88. The minimum atomic E-state index is -0.543. The van der Waals surface area contributed by atoms with Crippen molar-refractivity contribution >= 4 is 17.5 Å². The van der Waals surface area contributed by atoms with Crippen LogP contribution >= 0.6 is 0 Å². The lowest BCUT2D eigenvalue weighted by molar-refractivity contribution is -0.128. The molecule has 5 nitrogen and oxygen atoms in total. The highest BCUT2D eigenvalue weighted by Crippen LogP contribution is 2.13. The van der Waals surface area contributed by atoms with Crippen LogP contribution in [0.1, 0.15) is 19.4 Å². The zero-order valence-corrected chi connectivity index (χ0v) is 12.5. The van der Waals surface area contributed by atoms with Crippen molar-refractivity contribution in [3.63, 3.8) is 0 Å². The lowest BCUT2D eigenvalue weighted by atomic mass is 9.92. The van der Waals surface area contributed by atoms with Crippen molar-refractivity contribution in [3.05, 3.63) is 29.8 Å². The third-order valence-electron chi connectivity index (χ3n) is 3.00. The summed E-state index contributed by atoms with van der Waals surface area (Å²) in [7, 11) is 1.61. The van der Waals surface area contributed by atoms with Gasteiger partial charge in [-0.25, -0.2) is 0 Å². The Bertz CT molecular complexity index is 484. The first-order chi connectivity index (χ1) is 9.35.